The first-order valence-electron chi connectivity index (χ1n) is 3.80. The van der Waals surface area contributed by atoms with Gasteiger partial charge < -0.3 is 9.52 Å². The fourth-order valence-electron chi connectivity index (χ4n) is 1.09. The Balaban J connectivity index is 3.04. The zero-order valence-electron chi connectivity index (χ0n) is 7.77. The summed E-state index contributed by atoms with van der Waals surface area (Å²) in [5.74, 6) is -1.52. The zero-order chi connectivity index (χ0) is 10.9. The van der Waals surface area contributed by atoms with E-state index < -0.39 is 15.8 Å². The number of hydrogen-bond acceptors (Lipinski definition) is 4. The smallest absolute Gasteiger partial charge is 0.372 e. The number of carbonyl (C=O) groups is 1. The molecule has 1 rings (SSSR count). The van der Waals surface area contributed by atoms with E-state index in [9.17, 15) is 13.2 Å². The molecule has 0 atom stereocenters. The monoisotopic (exact) mass is 218 g/mol. The van der Waals surface area contributed by atoms with Gasteiger partial charge in [-0.3, -0.25) is 0 Å². The first kappa shape index (κ1) is 10.8. The van der Waals surface area contributed by atoms with Gasteiger partial charge in [-0.15, -0.1) is 0 Å². The lowest BCUT2D eigenvalue weighted by atomic mass is 10.3. The predicted molar refractivity (Wildman–Crippen MR) is 49.0 cm³/mol. The molecule has 0 bridgehead atoms. The molecule has 0 aliphatic rings. The van der Waals surface area contributed by atoms with Gasteiger partial charge in [0.05, 0.1) is 0 Å². The van der Waals surface area contributed by atoms with E-state index in [2.05, 4.69) is 0 Å². The van der Waals surface area contributed by atoms with Gasteiger partial charge in [0.25, 0.3) is 0 Å². The predicted octanol–water partition coefficient (Wildman–Crippen LogP) is 0.831. The van der Waals surface area contributed by atoms with Crippen LogP contribution in [0.25, 0.3) is 0 Å². The molecule has 0 saturated heterocycles. The van der Waals surface area contributed by atoms with Gasteiger partial charge in [0.2, 0.25) is 5.76 Å². The third kappa shape index (κ3) is 2.59. The maximum absolute atomic E-state index is 10.9. The van der Waals surface area contributed by atoms with Crippen molar-refractivity contribution >= 4 is 15.8 Å². The van der Waals surface area contributed by atoms with Gasteiger partial charge in [-0.1, -0.05) is 0 Å². The highest BCUT2D eigenvalue weighted by Gasteiger charge is 2.16. The quantitative estimate of drug-likeness (QED) is 0.812. The Morgan fingerprint density at radius 3 is 2.50 bits per heavy atom. The highest BCUT2D eigenvalue weighted by molar-refractivity contribution is 7.89. The minimum Gasteiger partial charge on any atom is -0.475 e. The van der Waals surface area contributed by atoms with Gasteiger partial charge in [0, 0.05) is 11.8 Å². The number of aryl methyl sites for hydroxylation is 1. The van der Waals surface area contributed by atoms with Gasteiger partial charge >= 0.3 is 5.97 Å². The van der Waals surface area contributed by atoms with Crippen LogP contribution in [-0.4, -0.2) is 25.7 Å². The molecular formula is C8H10O5S. The number of carboxylic acid groups (broad SMARTS) is 1. The standard InChI is InChI=1S/C8H10O5S/c1-5-3-6(4-14(2,11)12)13-7(5)8(9)10/h3H,4H2,1-2H3,(H,9,10). The summed E-state index contributed by atoms with van der Waals surface area (Å²) in [6.07, 6.45) is 1.06. The highest BCUT2D eigenvalue weighted by Crippen LogP contribution is 2.16. The Morgan fingerprint density at radius 2 is 2.14 bits per heavy atom. The molecule has 0 saturated carbocycles. The molecule has 1 N–H and O–H groups in total. The van der Waals surface area contributed by atoms with E-state index in [4.69, 9.17) is 9.52 Å². The molecule has 0 fully saturated rings. The van der Waals surface area contributed by atoms with Crippen molar-refractivity contribution in [2.24, 2.45) is 0 Å². The summed E-state index contributed by atoms with van der Waals surface area (Å²) in [4.78, 5) is 10.6. The summed E-state index contributed by atoms with van der Waals surface area (Å²) in [5, 5.41) is 8.63. The minimum atomic E-state index is -3.19. The molecule has 0 radical (unpaired) electrons. The molecule has 1 heterocycles. The third-order valence-electron chi connectivity index (χ3n) is 1.57. The average molecular weight is 218 g/mol. The van der Waals surface area contributed by atoms with E-state index in [0.29, 0.717) is 5.56 Å². The normalized spacial score (nSPS) is 11.6. The molecule has 14 heavy (non-hydrogen) atoms. The molecule has 0 aliphatic carbocycles. The average Bonchev–Trinajstić information content (AvgIpc) is 2.26. The number of aromatic carboxylic acids is 1. The van der Waals surface area contributed by atoms with Gasteiger partial charge in [-0.05, 0) is 13.0 Å². The van der Waals surface area contributed by atoms with E-state index in [1.54, 1.807) is 6.92 Å². The Bertz CT molecular complexity index is 454. The van der Waals surface area contributed by atoms with Gasteiger partial charge in [0.15, 0.2) is 9.84 Å². The minimum absolute atomic E-state index is 0.155. The largest absolute Gasteiger partial charge is 0.475 e. The van der Waals surface area contributed by atoms with Gasteiger partial charge in [0.1, 0.15) is 11.5 Å². The van der Waals surface area contributed by atoms with Crippen LogP contribution in [0, 0.1) is 6.92 Å². The second-order valence-electron chi connectivity index (χ2n) is 3.10. The SMILES string of the molecule is Cc1cc(CS(C)(=O)=O)oc1C(=O)O. The van der Waals surface area contributed by atoms with Crippen LogP contribution >= 0.6 is 0 Å². The Labute approximate surface area is 81.3 Å². The summed E-state index contributed by atoms with van der Waals surface area (Å²) >= 11 is 0. The van der Waals surface area contributed by atoms with Crippen molar-refractivity contribution in [3.63, 3.8) is 0 Å². The van der Waals surface area contributed by atoms with Crippen LogP contribution in [0.1, 0.15) is 21.9 Å². The molecule has 5 nitrogen and oxygen atoms in total. The van der Waals surface area contributed by atoms with E-state index in [1.807, 2.05) is 0 Å². The van der Waals surface area contributed by atoms with Crippen molar-refractivity contribution in [3.8, 4) is 0 Å². The number of rotatable bonds is 3. The fourth-order valence-corrected chi connectivity index (χ4v) is 1.75. The lowest BCUT2D eigenvalue weighted by Crippen LogP contribution is -1.99. The summed E-state index contributed by atoms with van der Waals surface area (Å²) in [5.41, 5.74) is 0.427. The van der Waals surface area contributed by atoms with Crippen LogP contribution in [0.3, 0.4) is 0 Å². The van der Waals surface area contributed by atoms with Crippen molar-refractivity contribution < 1.29 is 22.7 Å². The van der Waals surface area contributed by atoms with Crippen LogP contribution in [-0.2, 0) is 15.6 Å². The second kappa shape index (κ2) is 3.45. The molecule has 78 valence electrons. The third-order valence-corrected chi connectivity index (χ3v) is 2.38. The summed E-state index contributed by atoms with van der Waals surface area (Å²) in [6.45, 7) is 1.55. The zero-order valence-corrected chi connectivity index (χ0v) is 8.59. The Morgan fingerprint density at radius 1 is 1.57 bits per heavy atom. The molecule has 1 aromatic heterocycles. The highest BCUT2D eigenvalue weighted by atomic mass is 32.2. The van der Waals surface area contributed by atoms with E-state index in [-0.39, 0.29) is 17.3 Å². The Hall–Kier alpha value is -1.30. The molecule has 1 aromatic rings. The molecule has 0 unspecified atom stereocenters. The van der Waals surface area contributed by atoms with Crippen molar-refractivity contribution in [1.29, 1.82) is 0 Å². The summed E-state index contributed by atoms with van der Waals surface area (Å²) in [7, 11) is -3.19. The topological polar surface area (TPSA) is 84.6 Å². The Kier molecular flexibility index (Phi) is 2.66. The van der Waals surface area contributed by atoms with Crippen LogP contribution in [0.2, 0.25) is 0 Å². The maximum Gasteiger partial charge on any atom is 0.372 e. The lowest BCUT2D eigenvalue weighted by molar-refractivity contribution is 0.0659. The lowest BCUT2D eigenvalue weighted by Gasteiger charge is -1.92. The van der Waals surface area contributed by atoms with Crippen molar-refractivity contribution in [1.82, 2.24) is 0 Å². The van der Waals surface area contributed by atoms with Crippen LogP contribution in [0.15, 0.2) is 10.5 Å². The van der Waals surface area contributed by atoms with E-state index in [0.717, 1.165) is 6.26 Å². The van der Waals surface area contributed by atoms with Crippen molar-refractivity contribution in [2.45, 2.75) is 12.7 Å². The van der Waals surface area contributed by atoms with Crippen LogP contribution in [0.4, 0.5) is 0 Å². The number of sulfone groups is 1. The van der Waals surface area contributed by atoms with Crippen molar-refractivity contribution in [2.75, 3.05) is 6.26 Å². The van der Waals surface area contributed by atoms with Gasteiger partial charge in [-0.2, -0.15) is 0 Å². The van der Waals surface area contributed by atoms with Crippen molar-refractivity contribution in [3.05, 3.63) is 23.2 Å². The van der Waals surface area contributed by atoms with Gasteiger partial charge in [-0.25, -0.2) is 13.2 Å². The summed E-state index contributed by atoms with van der Waals surface area (Å²) < 4.78 is 26.6. The molecular weight excluding hydrogens is 208 g/mol. The maximum atomic E-state index is 10.9. The molecule has 0 spiro atoms. The number of hydrogen-bond donors (Lipinski definition) is 1. The number of carboxylic acids is 1. The molecule has 0 aromatic carbocycles. The molecule has 0 aliphatic heterocycles. The van der Waals surface area contributed by atoms with Crippen LogP contribution in [0.5, 0.6) is 0 Å². The van der Waals surface area contributed by atoms with Crippen LogP contribution < -0.4 is 0 Å². The first-order chi connectivity index (χ1) is 6.29. The van der Waals surface area contributed by atoms with E-state index in [1.165, 1.54) is 6.07 Å². The second-order valence-corrected chi connectivity index (χ2v) is 5.24. The molecule has 6 heteroatoms. The molecule has 0 amide bonds. The fraction of sp³-hybridized carbons (Fsp3) is 0.375. The number of furan rings is 1. The van der Waals surface area contributed by atoms with E-state index >= 15 is 0 Å². The first-order valence-corrected chi connectivity index (χ1v) is 5.86. The summed E-state index contributed by atoms with van der Waals surface area (Å²) in [6, 6.07) is 1.42.